The molecule has 0 spiro atoms. The van der Waals surface area contributed by atoms with E-state index in [9.17, 15) is 9.59 Å². The van der Waals surface area contributed by atoms with Crippen molar-refractivity contribution in [2.75, 3.05) is 32.8 Å². The van der Waals surface area contributed by atoms with Gasteiger partial charge >= 0.3 is 0 Å². The summed E-state index contributed by atoms with van der Waals surface area (Å²) in [6, 6.07) is 5.24. The van der Waals surface area contributed by atoms with Gasteiger partial charge in [0.2, 0.25) is 5.91 Å². The number of hydrogen-bond acceptors (Lipinski definition) is 4. The maximum atomic E-state index is 12.2. The summed E-state index contributed by atoms with van der Waals surface area (Å²) in [5.41, 5.74) is 0.562. The predicted molar refractivity (Wildman–Crippen MR) is 84.8 cm³/mol. The van der Waals surface area contributed by atoms with Gasteiger partial charge in [-0.2, -0.15) is 0 Å². The van der Waals surface area contributed by atoms with Crippen LogP contribution in [-0.4, -0.2) is 49.6 Å². The van der Waals surface area contributed by atoms with Gasteiger partial charge < -0.3 is 19.7 Å². The third-order valence-electron chi connectivity index (χ3n) is 4.07. The lowest BCUT2D eigenvalue weighted by atomic mass is 10.2. The largest absolute Gasteiger partial charge is 0.490 e. The van der Waals surface area contributed by atoms with Crippen LogP contribution in [0.25, 0.3) is 0 Å². The molecule has 1 fully saturated rings. The zero-order valence-electron chi connectivity index (χ0n) is 13.2. The first-order valence-electron chi connectivity index (χ1n) is 8.20. The minimum Gasteiger partial charge on any atom is -0.490 e. The zero-order valence-corrected chi connectivity index (χ0v) is 13.2. The highest BCUT2D eigenvalue weighted by Crippen LogP contribution is 2.30. The number of nitrogens with zero attached hydrogens (tertiary/aromatic N) is 1. The highest BCUT2D eigenvalue weighted by atomic mass is 16.5. The number of likely N-dealkylation sites (tertiary alicyclic amines) is 1. The second-order valence-corrected chi connectivity index (χ2v) is 5.81. The average Bonchev–Trinajstić information content (AvgIpc) is 2.83. The number of ether oxygens (including phenoxy) is 2. The van der Waals surface area contributed by atoms with Gasteiger partial charge in [0, 0.05) is 38.0 Å². The molecular weight excluding hydrogens is 296 g/mol. The van der Waals surface area contributed by atoms with Gasteiger partial charge in [-0.1, -0.05) is 0 Å². The van der Waals surface area contributed by atoms with E-state index in [1.807, 2.05) is 4.90 Å². The molecule has 3 rings (SSSR count). The van der Waals surface area contributed by atoms with Gasteiger partial charge in [-0.25, -0.2) is 0 Å². The molecule has 1 aromatic rings. The topological polar surface area (TPSA) is 67.9 Å². The van der Waals surface area contributed by atoms with Gasteiger partial charge in [-0.15, -0.1) is 0 Å². The van der Waals surface area contributed by atoms with E-state index >= 15 is 0 Å². The molecule has 0 unspecified atom stereocenters. The van der Waals surface area contributed by atoms with Crippen LogP contribution in [0.4, 0.5) is 0 Å². The van der Waals surface area contributed by atoms with Crippen LogP contribution in [0.3, 0.4) is 0 Å². The Morgan fingerprint density at radius 2 is 2.00 bits per heavy atom. The Bertz CT molecular complexity index is 588. The smallest absolute Gasteiger partial charge is 0.251 e. The molecule has 2 heterocycles. The van der Waals surface area contributed by atoms with Gasteiger partial charge in [0.15, 0.2) is 11.5 Å². The first kappa shape index (κ1) is 15.6. The Balaban J connectivity index is 1.48. The summed E-state index contributed by atoms with van der Waals surface area (Å²) in [6.07, 6.45) is 3.21. The van der Waals surface area contributed by atoms with Crippen LogP contribution in [0.2, 0.25) is 0 Å². The van der Waals surface area contributed by atoms with Crippen LogP contribution in [0, 0.1) is 0 Å². The van der Waals surface area contributed by atoms with E-state index in [0.717, 1.165) is 25.8 Å². The summed E-state index contributed by atoms with van der Waals surface area (Å²) in [5, 5.41) is 2.89. The van der Waals surface area contributed by atoms with Crippen molar-refractivity contribution >= 4 is 11.8 Å². The van der Waals surface area contributed by atoms with Gasteiger partial charge in [0.05, 0.1) is 13.2 Å². The Kier molecular flexibility index (Phi) is 5.00. The maximum absolute atomic E-state index is 12.2. The first-order chi connectivity index (χ1) is 11.2. The van der Waals surface area contributed by atoms with E-state index in [2.05, 4.69) is 5.32 Å². The van der Waals surface area contributed by atoms with E-state index in [1.54, 1.807) is 18.2 Å². The molecule has 6 nitrogen and oxygen atoms in total. The summed E-state index contributed by atoms with van der Waals surface area (Å²) in [5.74, 6) is 1.40. The lowest BCUT2D eigenvalue weighted by Crippen LogP contribution is -2.30. The van der Waals surface area contributed by atoms with E-state index in [0.29, 0.717) is 49.8 Å². The van der Waals surface area contributed by atoms with Crippen LogP contribution in [0.5, 0.6) is 11.5 Å². The van der Waals surface area contributed by atoms with Crippen molar-refractivity contribution in [3.8, 4) is 11.5 Å². The van der Waals surface area contributed by atoms with Crippen LogP contribution in [0.1, 0.15) is 36.0 Å². The number of fused-ring (bicyclic) bond motifs is 1. The number of carbonyl (C=O) groups is 2. The van der Waals surface area contributed by atoms with Gasteiger partial charge in [0.25, 0.3) is 5.91 Å². The highest BCUT2D eigenvalue weighted by molar-refractivity contribution is 5.94. The molecule has 23 heavy (non-hydrogen) atoms. The number of amides is 2. The molecule has 2 aliphatic heterocycles. The van der Waals surface area contributed by atoms with Gasteiger partial charge in [-0.05, 0) is 31.0 Å². The third-order valence-corrected chi connectivity index (χ3v) is 4.07. The second kappa shape index (κ2) is 7.35. The van der Waals surface area contributed by atoms with Crippen LogP contribution in [0.15, 0.2) is 18.2 Å². The molecule has 6 heteroatoms. The maximum Gasteiger partial charge on any atom is 0.251 e. The standard InChI is InChI=1S/C17H22N2O4/c20-16-4-1-8-19(16)9-2-7-18-17(21)13-5-6-14-15(12-13)23-11-3-10-22-14/h5-6,12H,1-4,7-11H2,(H,18,21). The lowest BCUT2D eigenvalue weighted by Gasteiger charge is -2.15. The van der Waals surface area contributed by atoms with Crippen molar-refractivity contribution in [1.82, 2.24) is 10.2 Å². The van der Waals surface area contributed by atoms with E-state index < -0.39 is 0 Å². The minimum atomic E-state index is -0.131. The van der Waals surface area contributed by atoms with Crippen molar-refractivity contribution in [2.24, 2.45) is 0 Å². The van der Waals surface area contributed by atoms with Crippen molar-refractivity contribution in [3.05, 3.63) is 23.8 Å². The quantitative estimate of drug-likeness (QED) is 0.837. The monoisotopic (exact) mass is 318 g/mol. The second-order valence-electron chi connectivity index (χ2n) is 5.81. The Labute approximate surface area is 135 Å². The van der Waals surface area contributed by atoms with Crippen molar-refractivity contribution in [2.45, 2.75) is 25.7 Å². The summed E-state index contributed by atoms with van der Waals surface area (Å²) in [4.78, 5) is 25.6. The molecule has 124 valence electrons. The third kappa shape index (κ3) is 3.94. The zero-order chi connectivity index (χ0) is 16.1. The number of hydrogen-bond donors (Lipinski definition) is 1. The minimum absolute atomic E-state index is 0.131. The lowest BCUT2D eigenvalue weighted by molar-refractivity contribution is -0.127. The summed E-state index contributed by atoms with van der Waals surface area (Å²) >= 11 is 0. The molecule has 0 aromatic heterocycles. The fourth-order valence-corrected chi connectivity index (χ4v) is 2.82. The summed E-state index contributed by atoms with van der Waals surface area (Å²) in [6.45, 7) is 3.34. The fraction of sp³-hybridized carbons (Fsp3) is 0.529. The molecule has 0 radical (unpaired) electrons. The normalized spacial score (nSPS) is 17.0. The fourth-order valence-electron chi connectivity index (χ4n) is 2.82. The SMILES string of the molecule is O=C(NCCCN1CCCC1=O)c1ccc2c(c1)OCCCO2. The molecule has 2 aliphatic rings. The Hall–Kier alpha value is -2.24. The summed E-state index contributed by atoms with van der Waals surface area (Å²) < 4.78 is 11.1. The van der Waals surface area contributed by atoms with Crippen LogP contribution in [-0.2, 0) is 4.79 Å². The molecule has 0 aliphatic carbocycles. The van der Waals surface area contributed by atoms with E-state index in [4.69, 9.17) is 9.47 Å². The molecule has 2 amide bonds. The predicted octanol–water partition coefficient (Wildman–Crippen LogP) is 1.59. The van der Waals surface area contributed by atoms with Crippen molar-refractivity contribution < 1.29 is 19.1 Å². The molecule has 1 N–H and O–H groups in total. The Morgan fingerprint density at radius 1 is 1.17 bits per heavy atom. The van der Waals surface area contributed by atoms with Crippen molar-refractivity contribution in [1.29, 1.82) is 0 Å². The van der Waals surface area contributed by atoms with Gasteiger partial charge in [-0.3, -0.25) is 9.59 Å². The number of nitrogens with one attached hydrogen (secondary N) is 1. The summed E-state index contributed by atoms with van der Waals surface area (Å²) in [7, 11) is 0. The first-order valence-corrected chi connectivity index (χ1v) is 8.20. The Morgan fingerprint density at radius 3 is 2.78 bits per heavy atom. The van der Waals surface area contributed by atoms with Crippen LogP contribution >= 0.6 is 0 Å². The average molecular weight is 318 g/mol. The molecule has 1 saturated heterocycles. The molecule has 0 atom stereocenters. The van der Waals surface area contributed by atoms with E-state index in [-0.39, 0.29) is 11.8 Å². The van der Waals surface area contributed by atoms with Crippen molar-refractivity contribution in [3.63, 3.8) is 0 Å². The molecule has 0 bridgehead atoms. The number of benzene rings is 1. The highest BCUT2D eigenvalue weighted by Gasteiger charge is 2.19. The molecule has 0 saturated carbocycles. The van der Waals surface area contributed by atoms with Crippen LogP contribution < -0.4 is 14.8 Å². The number of carbonyl (C=O) groups excluding carboxylic acids is 2. The molecule has 1 aromatic carbocycles. The van der Waals surface area contributed by atoms with Gasteiger partial charge in [0.1, 0.15) is 0 Å². The van der Waals surface area contributed by atoms with E-state index in [1.165, 1.54) is 0 Å². The number of rotatable bonds is 5. The molecular formula is C17H22N2O4.